The van der Waals surface area contributed by atoms with Gasteiger partial charge in [0.25, 0.3) is 0 Å². The number of hydrogen-bond acceptors (Lipinski definition) is 6. The molecule has 2 aliphatic rings. The Bertz CT molecular complexity index is 236. The van der Waals surface area contributed by atoms with Gasteiger partial charge in [-0.2, -0.15) is 8.80 Å². The van der Waals surface area contributed by atoms with Crippen LogP contribution in [0.15, 0.2) is 16.3 Å². The maximum absolute atomic E-state index is 4.02. The molecule has 0 saturated heterocycles. The summed E-state index contributed by atoms with van der Waals surface area (Å²) in [5, 5.41) is 1.73. The summed E-state index contributed by atoms with van der Waals surface area (Å²) in [5.41, 5.74) is 0. The zero-order valence-corrected chi connectivity index (χ0v) is 7.69. The Morgan fingerprint density at radius 3 is 1.60 bits per heavy atom. The summed E-state index contributed by atoms with van der Waals surface area (Å²) < 4.78 is 15.8. The van der Waals surface area contributed by atoms with Crippen molar-refractivity contribution in [3.05, 3.63) is 0 Å². The van der Waals surface area contributed by atoms with Gasteiger partial charge in [-0.15, -0.1) is 7.54 Å². The van der Waals surface area contributed by atoms with Gasteiger partial charge < -0.3 is 0 Å². The SMILES string of the molecule is N1=[S]N=C(C2=N[S]=NS2)S1. The van der Waals surface area contributed by atoms with Crippen molar-refractivity contribution in [3.8, 4) is 0 Å². The summed E-state index contributed by atoms with van der Waals surface area (Å²) in [6.07, 6.45) is 0. The molecule has 0 unspecified atom stereocenters. The topological polar surface area (TPSA) is 49.4 Å². The molecule has 0 aliphatic carbocycles. The van der Waals surface area contributed by atoms with Gasteiger partial charge in [0.15, 0.2) is 10.1 Å². The molecular formula is C2N4S4. The fourth-order valence-corrected chi connectivity index (χ4v) is 2.87. The van der Waals surface area contributed by atoms with Crippen LogP contribution in [-0.2, 0) is 23.5 Å². The van der Waals surface area contributed by atoms with Gasteiger partial charge >= 0.3 is 0 Å². The predicted molar refractivity (Wildman–Crippen MR) is 49.6 cm³/mol. The second kappa shape index (κ2) is 2.99. The van der Waals surface area contributed by atoms with E-state index in [4.69, 9.17) is 0 Å². The molecular weight excluding hydrogens is 208 g/mol. The standard InChI is InChI=1S/C2N4S4/c3-1(7-5-9-3)2-4-10-6-8-2. The van der Waals surface area contributed by atoms with Crippen molar-refractivity contribution in [1.82, 2.24) is 0 Å². The largest absolute Gasteiger partial charge is 0.169 e. The normalized spacial score (nSPS) is 21.6. The van der Waals surface area contributed by atoms with Gasteiger partial charge in [-0.05, 0) is 0 Å². The smallest absolute Gasteiger partial charge is 0.163 e. The fraction of sp³-hybridized carbons (Fsp3) is 0. The van der Waals surface area contributed by atoms with Crippen LogP contribution in [0.1, 0.15) is 0 Å². The van der Waals surface area contributed by atoms with E-state index in [0.29, 0.717) is 0 Å². The number of hydrogen-bond donors (Lipinski definition) is 0. The van der Waals surface area contributed by atoms with Gasteiger partial charge in [-0.25, -0.2) is 0 Å². The van der Waals surface area contributed by atoms with Crippen LogP contribution in [-0.4, -0.2) is 10.1 Å². The molecule has 0 fully saturated rings. The van der Waals surface area contributed by atoms with Crippen molar-refractivity contribution in [3.63, 3.8) is 0 Å². The minimum atomic E-state index is 0.865. The highest BCUT2D eigenvalue weighted by Gasteiger charge is 2.16. The quantitative estimate of drug-likeness (QED) is 0.613. The lowest BCUT2D eigenvalue weighted by atomic mass is 10.8. The Hall–Kier alpha value is 0.0800. The molecule has 2 heterocycles. The second-order valence-electron chi connectivity index (χ2n) is 1.29. The van der Waals surface area contributed by atoms with Gasteiger partial charge in [0.1, 0.15) is 0 Å². The Morgan fingerprint density at radius 1 is 0.800 bits per heavy atom. The summed E-state index contributed by atoms with van der Waals surface area (Å²) in [6.45, 7) is 0. The van der Waals surface area contributed by atoms with E-state index in [1.54, 1.807) is 0 Å². The first-order valence-electron chi connectivity index (χ1n) is 2.20. The molecule has 0 amide bonds. The zero-order valence-electron chi connectivity index (χ0n) is 4.42. The lowest BCUT2D eigenvalue weighted by Gasteiger charge is -1.87. The maximum atomic E-state index is 4.02. The number of nitrogens with zero attached hydrogens (tertiary/aromatic N) is 4. The Morgan fingerprint density at radius 2 is 1.30 bits per heavy atom. The average Bonchev–Trinajstić information content (AvgIpc) is 2.59. The highest BCUT2D eigenvalue weighted by atomic mass is 32.2. The highest BCUT2D eigenvalue weighted by Crippen LogP contribution is 2.23. The van der Waals surface area contributed by atoms with E-state index in [2.05, 4.69) is 16.3 Å². The van der Waals surface area contributed by atoms with Crippen LogP contribution in [0.3, 0.4) is 0 Å². The molecule has 8 heteroatoms. The minimum absolute atomic E-state index is 0.865. The first kappa shape index (κ1) is 6.77. The molecule has 0 saturated carbocycles. The van der Waals surface area contributed by atoms with Gasteiger partial charge in [0.05, 0.1) is 47.4 Å². The first-order valence-corrected chi connectivity index (χ1v) is 5.21. The van der Waals surface area contributed by atoms with Crippen molar-refractivity contribution < 1.29 is 0 Å². The molecule has 0 N–H and O–H groups in total. The Kier molecular flexibility index (Phi) is 2.02. The van der Waals surface area contributed by atoms with E-state index in [0.717, 1.165) is 10.1 Å². The summed E-state index contributed by atoms with van der Waals surface area (Å²) in [6, 6.07) is 0. The Balaban J connectivity index is 2.15. The molecule has 10 heavy (non-hydrogen) atoms. The van der Waals surface area contributed by atoms with Crippen molar-refractivity contribution in [2.75, 3.05) is 0 Å². The van der Waals surface area contributed by atoms with Crippen LogP contribution in [0.4, 0.5) is 0 Å². The minimum Gasteiger partial charge on any atom is -0.163 e. The van der Waals surface area contributed by atoms with Gasteiger partial charge in [-0.1, -0.05) is 0 Å². The first-order chi connectivity index (χ1) is 4.97. The van der Waals surface area contributed by atoms with E-state index in [1.807, 2.05) is 0 Å². The predicted octanol–water partition coefficient (Wildman–Crippen LogP) is 1.47. The van der Waals surface area contributed by atoms with Crippen LogP contribution in [0.2, 0.25) is 0 Å². The van der Waals surface area contributed by atoms with E-state index in [1.165, 1.54) is 47.4 Å². The van der Waals surface area contributed by atoms with E-state index >= 15 is 0 Å². The van der Waals surface area contributed by atoms with Crippen molar-refractivity contribution >= 4 is 57.5 Å². The second-order valence-corrected chi connectivity index (χ2v) is 4.31. The third-order valence-corrected chi connectivity index (χ3v) is 3.68. The van der Waals surface area contributed by atoms with Crippen molar-refractivity contribution in [1.29, 1.82) is 0 Å². The summed E-state index contributed by atoms with van der Waals surface area (Å²) in [5.74, 6) is 0. The summed E-state index contributed by atoms with van der Waals surface area (Å²) >= 11 is 5.10. The lowest BCUT2D eigenvalue weighted by molar-refractivity contribution is 1.95. The molecule has 0 aromatic heterocycles. The monoisotopic (exact) mass is 208 g/mol. The van der Waals surface area contributed by atoms with Crippen LogP contribution < -0.4 is 0 Å². The summed E-state index contributed by atoms with van der Waals surface area (Å²) in [4.78, 5) is 0. The lowest BCUT2D eigenvalue weighted by Crippen LogP contribution is -1.99. The maximum Gasteiger partial charge on any atom is 0.169 e. The van der Waals surface area contributed by atoms with Crippen molar-refractivity contribution in [2.24, 2.45) is 16.3 Å². The van der Waals surface area contributed by atoms with E-state index in [-0.39, 0.29) is 0 Å². The fourth-order valence-electron chi connectivity index (χ4n) is 0.401. The molecule has 0 bridgehead atoms. The summed E-state index contributed by atoms with van der Waals surface area (Å²) in [7, 11) is 0. The van der Waals surface area contributed by atoms with Crippen LogP contribution >= 0.6 is 23.9 Å². The van der Waals surface area contributed by atoms with Crippen LogP contribution in [0.25, 0.3) is 0 Å². The highest BCUT2D eigenvalue weighted by molar-refractivity contribution is 8.27. The molecule has 2 radical (unpaired) electrons. The third-order valence-electron chi connectivity index (χ3n) is 0.745. The molecule has 0 spiro atoms. The molecule has 0 atom stereocenters. The molecule has 52 valence electrons. The number of rotatable bonds is 1. The van der Waals surface area contributed by atoms with Gasteiger partial charge in [-0.3, -0.25) is 0 Å². The molecule has 2 aliphatic heterocycles. The van der Waals surface area contributed by atoms with Gasteiger partial charge in [0, 0.05) is 0 Å². The molecule has 4 nitrogen and oxygen atoms in total. The van der Waals surface area contributed by atoms with Gasteiger partial charge in [0.2, 0.25) is 0 Å². The van der Waals surface area contributed by atoms with E-state index < -0.39 is 0 Å². The van der Waals surface area contributed by atoms with Crippen LogP contribution in [0, 0.1) is 0 Å². The average molecular weight is 208 g/mol. The van der Waals surface area contributed by atoms with Crippen LogP contribution in [0.5, 0.6) is 0 Å². The molecule has 2 rings (SSSR count). The van der Waals surface area contributed by atoms with E-state index in [9.17, 15) is 0 Å². The van der Waals surface area contributed by atoms with Crippen molar-refractivity contribution in [2.45, 2.75) is 0 Å². The molecule has 0 aromatic carbocycles. The Labute approximate surface area is 73.8 Å². The zero-order chi connectivity index (χ0) is 6.81. The third kappa shape index (κ3) is 1.24. The molecule has 0 aromatic rings.